The number of ether oxygens (including phenoxy) is 1. The van der Waals surface area contributed by atoms with Crippen LogP contribution in [0, 0.1) is 29.0 Å². The third-order valence-corrected chi connectivity index (χ3v) is 9.57. The summed E-state index contributed by atoms with van der Waals surface area (Å²) in [5, 5.41) is 50.6. The van der Waals surface area contributed by atoms with Gasteiger partial charge in [0.05, 0.1) is 42.5 Å². The molecule has 3 aromatic rings. The Morgan fingerprint density at radius 1 is 1.08 bits per heavy atom. The van der Waals surface area contributed by atoms with Crippen molar-refractivity contribution in [1.82, 2.24) is 0 Å². The molecule has 2 saturated heterocycles. The minimum absolute atomic E-state index is 0.0321. The van der Waals surface area contributed by atoms with Crippen molar-refractivity contribution < 1.29 is 43.6 Å². The molecule has 0 bridgehead atoms. The van der Waals surface area contributed by atoms with Gasteiger partial charge in [-0.15, -0.1) is 6.42 Å². The molecule has 7 unspecified atom stereocenters. The summed E-state index contributed by atoms with van der Waals surface area (Å²) in [6.07, 6.45) is 1.36. The molecule has 0 radical (unpaired) electrons. The summed E-state index contributed by atoms with van der Waals surface area (Å²) < 4.78 is 23.5. The Balaban J connectivity index is 0.000000229. The van der Waals surface area contributed by atoms with Gasteiger partial charge in [-0.1, -0.05) is 65.7 Å². The fourth-order valence-electron chi connectivity index (χ4n) is 5.33. The van der Waals surface area contributed by atoms with Gasteiger partial charge in [0.25, 0.3) is 0 Å². The highest BCUT2D eigenvalue weighted by Gasteiger charge is 2.45. The molecule has 2 fully saturated rings. The zero-order chi connectivity index (χ0) is 39.1. The van der Waals surface area contributed by atoms with Crippen molar-refractivity contribution in [2.75, 3.05) is 23.8 Å². The van der Waals surface area contributed by atoms with Gasteiger partial charge in [-0.3, -0.25) is 4.79 Å². The number of phenolic OH excluding ortho intramolecular Hbond substituents is 1. The molecule has 2 aliphatic rings. The summed E-state index contributed by atoms with van der Waals surface area (Å²) in [5.74, 6) is 3.23. The number of benzene rings is 3. The van der Waals surface area contributed by atoms with Gasteiger partial charge in [-0.2, -0.15) is 4.91 Å². The van der Waals surface area contributed by atoms with Gasteiger partial charge in [0.15, 0.2) is 0 Å². The zero-order valence-corrected chi connectivity index (χ0v) is 30.7. The third-order valence-electron chi connectivity index (χ3n) is 8.74. The van der Waals surface area contributed by atoms with Crippen molar-refractivity contribution in [1.29, 1.82) is 0 Å². The van der Waals surface area contributed by atoms with Crippen molar-refractivity contribution in [2.45, 2.75) is 70.2 Å². The van der Waals surface area contributed by atoms with Gasteiger partial charge in [-0.25, -0.2) is 4.39 Å². The summed E-state index contributed by atoms with van der Waals surface area (Å²) in [6.45, 7) is 9.32. The van der Waals surface area contributed by atoms with Crippen LogP contribution in [0.15, 0.2) is 102 Å². The van der Waals surface area contributed by atoms with E-state index in [0.717, 1.165) is 28.9 Å². The molecule has 2 heterocycles. The quantitative estimate of drug-likeness (QED) is 0.0493. The van der Waals surface area contributed by atoms with Crippen molar-refractivity contribution in [3.63, 3.8) is 0 Å². The van der Waals surface area contributed by atoms with Gasteiger partial charge in [0, 0.05) is 17.8 Å². The largest absolute Gasteiger partial charge is 0.508 e. The first-order valence-corrected chi connectivity index (χ1v) is 17.9. The van der Waals surface area contributed by atoms with Crippen LogP contribution in [-0.2, 0) is 13.7 Å². The molecule has 0 aliphatic carbocycles. The van der Waals surface area contributed by atoms with Crippen LogP contribution >= 0.6 is 12.0 Å². The van der Waals surface area contributed by atoms with E-state index >= 15 is 0 Å². The Kier molecular flexibility index (Phi) is 17.2. The molecule has 7 atom stereocenters. The van der Waals surface area contributed by atoms with E-state index in [4.69, 9.17) is 25.6 Å². The lowest BCUT2D eigenvalue weighted by Crippen LogP contribution is -2.58. The number of amides is 1. The first-order chi connectivity index (χ1) is 25.3. The van der Waals surface area contributed by atoms with E-state index < -0.39 is 43.2 Å². The minimum atomic E-state index is -1.34. The fraction of sp³-hybridized carbons (Fsp3) is 0.375. The van der Waals surface area contributed by atoms with Crippen LogP contribution in [0.1, 0.15) is 50.8 Å². The number of terminal acetylenes is 1. The standard InChI is InChI=1S/C18H18FNO2.C13H19NO6S.C9H10O/c19-15-9-6-13(7-10-15)17(21)11-8-14-12-20(18(14)22)16-4-2-1-3-5-16;1-4-7(2)8(3)20-21-6-10-13(17)11(14-18)12(16)9(5-15)19-10;1-7(2)8-4-3-5-9(10)6-8/h1-7,9-10,14,17,21H,8,11-12H2;1,9-13,15-17H,5-6H2,2-3H3;3-6,10H,1H2,2H3/b;8-7+;. The van der Waals surface area contributed by atoms with E-state index in [9.17, 15) is 29.4 Å². The first kappa shape index (κ1) is 42.9. The first-order valence-electron chi connectivity index (χ1n) is 16.9. The van der Waals surface area contributed by atoms with Gasteiger partial charge in [0.2, 0.25) is 5.91 Å². The van der Waals surface area contributed by atoms with E-state index in [-0.39, 0.29) is 23.4 Å². The minimum Gasteiger partial charge on any atom is -0.508 e. The second kappa shape index (κ2) is 21.2. The highest BCUT2D eigenvalue weighted by Crippen LogP contribution is 2.31. The molecule has 0 saturated carbocycles. The Labute approximate surface area is 314 Å². The molecule has 53 heavy (non-hydrogen) atoms. The van der Waals surface area contributed by atoms with Crippen molar-refractivity contribution >= 4 is 29.2 Å². The maximum absolute atomic E-state index is 12.9. The average Bonchev–Trinajstić information content (AvgIpc) is 3.16. The number of allylic oxidation sites excluding steroid dienone is 3. The fourth-order valence-corrected chi connectivity index (χ4v) is 6.11. The van der Waals surface area contributed by atoms with E-state index in [2.05, 4.69) is 17.7 Å². The Hall–Kier alpha value is -4.55. The lowest BCUT2D eigenvalue weighted by Gasteiger charge is -2.38. The number of phenols is 1. The summed E-state index contributed by atoms with van der Waals surface area (Å²) in [7, 11) is 0. The van der Waals surface area contributed by atoms with Gasteiger partial charge < -0.3 is 39.4 Å². The molecule has 11 nitrogen and oxygen atoms in total. The van der Waals surface area contributed by atoms with E-state index in [1.807, 2.05) is 43.3 Å². The highest BCUT2D eigenvalue weighted by molar-refractivity contribution is 7.94. The molecule has 0 spiro atoms. The summed E-state index contributed by atoms with van der Waals surface area (Å²) in [5.41, 5.74) is 4.20. The van der Waals surface area contributed by atoms with Crippen molar-refractivity contribution in [2.24, 2.45) is 11.1 Å². The second-order valence-electron chi connectivity index (χ2n) is 12.6. The maximum atomic E-state index is 12.9. The molecular formula is C40H47FN2O9S. The zero-order valence-electron chi connectivity index (χ0n) is 29.9. The topological polar surface area (TPSA) is 169 Å². The summed E-state index contributed by atoms with van der Waals surface area (Å²) in [6, 6.07) is 21.2. The number of hydrogen-bond acceptors (Lipinski definition) is 11. The number of para-hydroxylation sites is 1. The number of nitroso groups, excluding NO2 is 1. The summed E-state index contributed by atoms with van der Waals surface area (Å²) in [4.78, 5) is 24.6. The molecule has 0 aromatic heterocycles. The van der Waals surface area contributed by atoms with E-state index in [1.165, 1.54) is 12.1 Å². The van der Waals surface area contributed by atoms with Crippen LogP contribution in [0.5, 0.6) is 5.75 Å². The predicted molar refractivity (Wildman–Crippen MR) is 204 cm³/mol. The molecule has 13 heteroatoms. The lowest BCUT2D eigenvalue weighted by molar-refractivity contribution is -0.180. The molecule has 284 valence electrons. The van der Waals surface area contributed by atoms with Crippen LogP contribution in [0.25, 0.3) is 5.57 Å². The number of nitrogens with zero attached hydrogens (tertiary/aromatic N) is 2. The third kappa shape index (κ3) is 12.5. The van der Waals surface area contributed by atoms with Crippen LogP contribution < -0.4 is 4.90 Å². The van der Waals surface area contributed by atoms with Crippen LogP contribution in [0.4, 0.5) is 10.1 Å². The van der Waals surface area contributed by atoms with Crippen LogP contribution in [0.3, 0.4) is 0 Å². The number of β-lactam (4-membered cyclic amide) rings is 1. The number of carbonyl (C=O) groups is 1. The number of rotatable bonds is 12. The molecule has 2 aliphatic heterocycles. The number of carbonyl (C=O) groups excluding carboxylic acids is 1. The van der Waals surface area contributed by atoms with Gasteiger partial charge in [-0.05, 0) is 81.1 Å². The molecular weight excluding hydrogens is 704 g/mol. The van der Waals surface area contributed by atoms with Crippen molar-refractivity contribution in [3.8, 4) is 18.1 Å². The summed E-state index contributed by atoms with van der Waals surface area (Å²) >= 11 is 0.996. The van der Waals surface area contributed by atoms with Gasteiger partial charge in [0.1, 0.15) is 41.7 Å². The molecule has 5 N–H and O–H groups in total. The van der Waals surface area contributed by atoms with Crippen LogP contribution in [-0.4, -0.2) is 80.8 Å². The second-order valence-corrected chi connectivity index (χ2v) is 13.4. The molecule has 5 rings (SSSR count). The van der Waals surface area contributed by atoms with Crippen LogP contribution in [0.2, 0.25) is 0 Å². The van der Waals surface area contributed by atoms with E-state index in [0.29, 0.717) is 42.0 Å². The maximum Gasteiger partial charge on any atom is 0.231 e. The van der Waals surface area contributed by atoms with Gasteiger partial charge >= 0.3 is 0 Å². The highest BCUT2D eigenvalue weighted by atomic mass is 32.2. The number of aromatic hydroxyl groups is 1. The Bertz CT molecular complexity index is 1720. The number of anilines is 1. The lowest BCUT2D eigenvalue weighted by atomic mass is 9.90. The monoisotopic (exact) mass is 750 g/mol. The Morgan fingerprint density at radius 3 is 2.28 bits per heavy atom. The number of halogens is 1. The predicted octanol–water partition coefficient (Wildman–Crippen LogP) is 5.92. The van der Waals surface area contributed by atoms with E-state index in [1.54, 1.807) is 49.1 Å². The number of hydrogen-bond donors (Lipinski definition) is 5. The SMILES string of the molecule is C#C/C(C)=C(\C)OSCC1OC(CO)C(O)C(N=O)C1O.C=C(C)c1cccc(O)c1.O=C1C(CCC(O)c2ccc(F)cc2)CN1c1ccccc1. The average molecular weight is 751 g/mol. The molecule has 3 aromatic carbocycles. The number of aliphatic hydroxyl groups excluding tert-OH is 4. The Morgan fingerprint density at radius 2 is 1.74 bits per heavy atom. The number of aliphatic hydroxyl groups is 4. The smallest absolute Gasteiger partial charge is 0.231 e. The normalized spacial score (nSPS) is 23.0. The molecule has 1 amide bonds. The van der Waals surface area contributed by atoms with Crippen molar-refractivity contribution in [3.05, 3.63) is 119 Å².